The standard InChI is InChI=1S/C35H42N2O9/c1-20(2)15-29-35(41)44-26(22(4)31-32(46-31)24-9-6-5-7-10-24)11-8-12-30(38)37-25(33(39)36-18-21(3)34(40)45-29)16-23-13-14-27-28(17-23)43-19-42-27/h5-10,12-14,17,20-22,25-26,29,31-32H,11,15-16,18-19H2,1-4H3,(H,36,39)(H,37,38)/b12-8+/t21-,22+,25-,26+,29+,31-,32+/m1/s1. The topological polar surface area (TPSA) is 142 Å². The van der Waals surface area contributed by atoms with E-state index in [1.165, 1.54) is 6.08 Å². The summed E-state index contributed by atoms with van der Waals surface area (Å²) in [5.41, 5.74) is 1.78. The molecule has 2 aromatic rings. The molecule has 3 aliphatic rings. The van der Waals surface area contributed by atoms with Gasteiger partial charge in [-0.2, -0.15) is 0 Å². The van der Waals surface area contributed by atoms with Crippen molar-refractivity contribution in [2.24, 2.45) is 17.8 Å². The van der Waals surface area contributed by atoms with E-state index < -0.39 is 47.9 Å². The predicted octanol–water partition coefficient (Wildman–Crippen LogP) is 3.80. The second kappa shape index (κ2) is 14.8. The molecule has 2 amide bonds. The zero-order chi connectivity index (χ0) is 32.8. The van der Waals surface area contributed by atoms with Gasteiger partial charge in [-0.15, -0.1) is 0 Å². The fourth-order valence-corrected chi connectivity index (χ4v) is 5.62. The Morgan fingerprint density at radius 1 is 0.913 bits per heavy atom. The van der Waals surface area contributed by atoms with Crippen LogP contribution in [0.15, 0.2) is 60.7 Å². The summed E-state index contributed by atoms with van der Waals surface area (Å²) in [4.78, 5) is 53.0. The molecular weight excluding hydrogens is 592 g/mol. The van der Waals surface area contributed by atoms with E-state index in [0.29, 0.717) is 11.5 Å². The van der Waals surface area contributed by atoms with Gasteiger partial charge >= 0.3 is 11.9 Å². The molecule has 246 valence electrons. The highest BCUT2D eigenvalue weighted by Gasteiger charge is 2.47. The Morgan fingerprint density at radius 3 is 2.43 bits per heavy atom. The molecule has 0 aliphatic carbocycles. The Labute approximate surface area is 268 Å². The molecule has 0 aromatic heterocycles. The molecule has 0 spiro atoms. The molecule has 3 aliphatic heterocycles. The van der Waals surface area contributed by atoms with E-state index in [1.54, 1.807) is 31.2 Å². The van der Waals surface area contributed by atoms with Gasteiger partial charge in [-0.25, -0.2) is 4.79 Å². The van der Waals surface area contributed by atoms with Crippen LogP contribution in [0.25, 0.3) is 0 Å². The summed E-state index contributed by atoms with van der Waals surface area (Å²) in [6.45, 7) is 7.46. The van der Waals surface area contributed by atoms with Crippen LogP contribution in [0.3, 0.4) is 0 Å². The summed E-state index contributed by atoms with van der Waals surface area (Å²) in [6.07, 6.45) is 1.50. The second-order valence-corrected chi connectivity index (χ2v) is 12.6. The van der Waals surface area contributed by atoms with E-state index in [9.17, 15) is 19.2 Å². The van der Waals surface area contributed by atoms with E-state index in [4.69, 9.17) is 23.7 Å². The van der Waals surface area contributed by atoms with Gasteiger partial charge in [0.15, 0.2) is 17.6 Å². The van der Waals surface area contributed by atoms with Crippen molar-refractivity contribution >= 4 is 23.8 Å². The molecule has 3 heterocycles. The molecular formula is C35H42N2O9. The van der Waals surface area contributed by atoms with Gasteiger partial charge in [-0.3, -0.25) is 14.4 Å². The number of esters is 2. The molecule has 1 fully saturated rings. The van der Waals surface area contributed by atoms with E-state index in [1.807, 2.05) is 51.1 Å². The molecule has 0 unspecified atom stereocenters. The molecule has 11 heteroatoms. The molecule has 2 aromatic carbocycles. The van der Waals surface area contributed by atoms with Gasteiger partial charge in [0.05, 0.1) is 12.0 Å². The van der Waals surface area contributed by atoms with Gasteiger partial charge in [0.1, 0.15) is 18.2 Å². The van der Waals surface area contributed by atoms with Crippen molar-refractivity contribution in [1.29, 1.82) is 0 Å². The SMILES string of the molecule is CC(C)C[C@@H]1OC(=O)[C@H](C)CNC(=O)[C@@H](Cc2ccc3c(c2)OCO3)NC(=O)/C=C/C[C@@H]([C@H](C)[C@H]2O[C@H]2c2ccccc2)OC1=O. The maximum atomic E-state index is 13.5. The van der Waals surface area contributed by atoms with Gasteiger partial charge in [0.25, 0.3) is 0 Å². The monoisotopic (exact) mass is 634 g/mol. The predicted molar refractivity (Wildman–Crippen MR) is 167 cm³/mol. The van der Waals surface area contributed by atoms with Gasteiger partial charge in [0.2, 0.25) is 18.6 Å². The smallest absolute Gasteiger partial charge is 0.347 e. The summed E-state index contributed by atoms with van der Waals surface area (Å²) >= 11 is 0. The first kappa shape index (κ1) is 33.0. The zero-order valence-corrected chi connectivity index (χ0v) is 26.6. The van der Waals surface area contributed by atoms with E-state index in [2.05, 4.69) is 10.6 Å². The van der Waals surface area contributed by atoms with Gasteiger partial charge in [-0.1, -0.05) is 70.2 Å². The zero-order valence-electron chi connectivity index (χ0n) is 26.6. The third-order valence-electron chi connectivity index (χ3n) is 8.36. The number of epoxide rings is 1. The number of hydrogen-bond acceptors (Lipinski definition) is 9. The number of ether oxygens (including phenoxy) is 5. The summed E-state index contributed by atoms with van der Waals surface area (Å²) < 4.78 is 28.6. The van der Waals surface area contributed by atoms with E-state index in [0.717, 1.165) is 11.1 Å². The van der Waals surface area contributed by atoms with Crippen molar-refractivity contribution in [3.63, 3.8) is 0 Å². The maximum Gasteiger partial charge on any atom is 0.347 e. The average Bonchev–Trinajstić information content (AvgIpc) is 3.70. The van der Waals surface area contributed by atoms with Crippen molar-refractivity contribution in [2.75, 3.05) is 13.3 Å². The summed E-state index contributed by atoms with van der Waals surface area (Å²) in [7, 11) is 0. The van der Waals surface area contributed by atoms with Crippen LogP contribution in [0, 0.1) is 17.8 Å². The number of rotatable bonds is 7. The fraction of sp³-hybridized carbons (Fsp3) is 0.486. The quantitative estimate of drug-likeness (QED) is 0.344. The lowest BCUT2D eigenvalue weighted by Gasteiger charge is -2.27. The van der Waals surface area contributed by atoms with Crippen LogP contribution in [0.1, 0.15) is 57.8 Å². The van der Waals surface area contributed by atoms with Crippen LogP contribution in [-0.2, 0) is 39.8 Å². The van der Waals surface area contributed by atoms with Crippen LogP contribution in [0.5, 0.6) is 11.5 Å². The van der Waals surface area contributed by atoms with Crippen molar-refractivity contribution in [3.05, 3.63) is 71.8 Å². The first-order chi connectivity index (χ1) is 22.1. The summed E-state index contributed by atoms with van der Waals surface area (Å²) in [6, 6.07) is 14.2. The maximum absolute atomic E-state index is 13.5. The summed E-state index contributed by atoms with van der Waals surface area (Å²) in [5.74, 6) is -2.02. The van der Waals surface area contributed by atoms with E-state index >= 15 is 0 Å². The molecule has 0 saturated carbocycles. The fourth-order valence-electron chi connectivity index (χ4n) is 5.62. The minimum Gasteiger partial charge on any atom is -0.459 e. The van der Waals surface area contributed by atoms with E-state index in [-0.39, 0.29) is 56.6 Å². The third kappa shape index (κ3) is 8.45. The average molecular weight is 635 g/mol. The molecule has 0 radical (unpaired) electrons. The van der Waals surface area contributed by atoms with Crippen molar-refractivity contribution in [2.45, 2.75) is 77.4 Å². The van der Waals surface area contributed by atoms with Crippen LogP contribution >= 0.6 is 0 Å². The van der Waals surface area contributed by atoms with Gasteiger partial charge in [-0.05, 0) is 41.7 Å². The Hall–Kier alpha value is -4.38. The number of hydrogen-bond donors (Lipinski definition) is 2. The van der Waals surface area contributed by atoms with Crippen molar-refractivity contribution < 1.29 is 42.9 Å². The first-order valence-electron chi connectivity index (χ1n) is 15.8. The molecule has 46 heavy (non-hydrogen) atoms. The Kier molecular flexibility index (Phi) is 10.6. The normalized spacial score (nSPS) is 28.5. The molecule has 0 bridgehead atoms. The number of carbonyl (C=O) groups excluding carboxylic acids is 4. The minimum atomic E-state index is -1.12. The molecule has 1 saturated heterocycles. The highest BCUT2D eigenvalue weighted by atomic mass is 16.7. The molecule has 11 nitrogen and oxygen atoms in total. The third-order valence-corrected chi connectivity index (χ3v) is 8.36. The molecule has 5 rings (SSSR count). The number of nitrogens with one attached hydrogen (secondary N) is 2. The largest absolute Gasteiger partial charge is 0.459 e. The van der Waals surface area contributed by atoms with Gasteiger partial charge in [0, 0.05) is 25.3 Å². The number of amides is 2. The lowest BCUT2D eigenvalue weighted by atomic mass is 9.93. The molecule has 7 atom stereocenters. The minimum absolute atomic E-state index is 0.0385. The van der Waals surface area contributed by atoms with Crippen molar-refractivity contribution in [1.82, 2.24) is 10.6 Å². The highest BCUT2D eigenvalue weighted by Crippen LogP contribution is 2.45. The lowest BCUT2D eigenvalue weighted by molar-refractivity contribution is -0.176. The number of fused-ring (bicyclic) bond motifs is 1. The van der Waals surface area contributed by atoms with Gasteiger partial charge < -0.3 is 34.3 Å². The number of carbonyl (C=O) groups is 4. The van der Waals surface area contributed by atoms with Crippen molar-refractivity contribution in [3.8, 4) is 11.5 Å². The lowest BCUT2D eigenvalue weighted by Crippen LogP contribution is -2.49. The highest BCUT2D eigenvalue weighted by molar-refractivity contribution is 5.93. The van der Waals surface area contributed by atoms with Crippen LogP contribution in [0.4, 0.5) is 0 Å². The Bertz CT molecular complexity index is 1440. The second-order valence-electron chi connectivity index (χ2n) is 12.6. The first-order valence-corrected chi connectivity index (χ1v) is 15.8. The van der Waals surface area contributed by atoms with Crippen LogP contribution < -0.4 is 20.1 Å². The Balaban J connectivity index is 1.37. The number of cyclic esters (lactones) is 2. The van der Waals surface area contributed by atoms with Crippen LogP contribution in [-0.4, -0.2) is 61.4 Å². The van der Waals surface area contributed by atoms with Crippen LogP contribution in [0.2, 0.25) is 0 Å². The Morgan fingerprint density at radius 2 is 1.67 bits per heavy atom. The molecule has 2 N–H and O–H groups in total. The summed E-state index contributed by atoms with van der Waals surface area (Å²) in [5, 5.41) is 5.53. The number of benzene rings is 2.